The number of fused-ring (bicyclic) bond motifs is 1. The first kappa shape index (κ1) is 12.0. The maximum atomic E-state index is 12.2. The van der Waals surface area contributed by atoms with E-state index in [4.69, 9.17) is 5.11 Å². The van der Waals surface area contributed by atoms with Crippen LogP contribution in [0.1, 0.15) is 43.0 Å². The second-order valence-corrected chi connectivity index (χ2v) is 5.23. The molecule has 3 rings (SSSR count). The first-order valence-electron chi connectivity index (χ1n) is 6.56. The van der Waals surface area contributed by atoms with Gasteiger partial charge in [0.25, 0.3) is 0 Å². The number of carboxylic acids is 1. The van der Waals surface area contributed by atoms with Crippen molar-refractivity contribution in [1.29, 1.82) is 0 Å². The number of benzene rings is 1. The number of hydrogen-bond acceptors (Lipinski definition) is 2. The molecule has 1 aromatic carbocycles. The van der Waals surface area contributed by atoms with Crippen LogP contribution < -0.4 is 5.69 Å². The summed E-state index contributed by atoms with van der Waals surface area (Å²) >= 11 is 0. The summed E-state index contributed by atoms with van der Waals surface area (Å²) in [5.74, 6) is -0.982. The van der Waals surface area contributed by atoms with Crippen LogP contribution in [-0.4, -0.2) is 20.6 Å². The molecule has 1 fully saturated rings. The van der Waals surface area contributed by atoms with E-state index in [2.05, 4.69) is 11.9 Å². The molecular weight excluding hydrogens is 244 g/mol. The number of aromatic carboxylic acids is 1. The summed E-state index contributed by atoms with van der Waals surface area (Å²) in [6.45, 7) is 2.09. The lowest BCUT2D eigenvalue weighted by atomic mass is 9.74. The highest BCUT2D eigenvalue weighted by atomic mass is 16.4. The number of aromatic nitrogens is 2. The molecule has 100 valence electrons. The summed E-state index contributed by atoms with van der Waals surface area (Å²) in [7, 11) is 0. The van der Waals surface area contributed by atoms with Gasteiger partial charge in [-0.1, -0.05) is 6.92 Å². The summed E-state index contributed by atoms with van der Waals surface area (Å²) in [5.41, 5.74) is 1.38. The number of nitrogens with zero attached hydrogens (tertiary/aromatic N) is 1. The highest BCUT2D eigenvalue weighted by molar-refractivity contribution is 5.92. The van der Waals surface area contributed by atoms with E-state index in [1.807, 2.05) is 4.57 Å². The highest BCUT2D eigenvalue weighted by Gasteiger charge is 2.39. The van der Waals surface area contributed by atoms with E-state index >= 15 is 0 Å². The van der Waals surface area contributed by atoms with E-state index in [-0.39, 0.29) is 16.8 Å². The smallest absolute Gasteiger partial charge is 0.335 e. The Morgan fingerprint density at radius 2 is 2.21 bits per heavy atom. The van der Waals surface area contributed by atoms with Gasteiger partial charge in [-0.25, -0.2) is 9.59 Å². The maximum Gasteiger partial charge on any atom is 0.335 e. The molecule has 5 heteroatoms. The van der Waals surface area contributed by atoms with Gasteiger partial charge in [-0.15, -0.1) is 0 Å². The number of nitrogens with one attached hydrogen (secondary N) is 1. The molecule has 5 nitrogen and oxygen atoms in total. The Morgan fingerprint density at radius 1 is 1.47 bits per heavy atom. The van der Waals surface area contributed by atoms with Crippen LogP contribution in [0.3, 0.4) is 0 Å². The maximum absolute atomic E-state index is 12.2. The van der Waals surface area contributed by atoms with Gasteiger partial charge < -0.3 is 10.1 Å². The van der Waals surface area contributed by atoms with E-state index in [1.54, 1.807) is 12.1 Å². The van der Waals surface area contributed by atoms with E-state index in [0.717, 1.165) is 31.2 Å². The number of carboxylic acid groups (broad SMARTS) is 1. The second-order valence-electron chi connectivity index (χ2n) is 5.23. The molecule has 0 aliphatic heterocycles. The lowest BCUT2D eigenvalue weighted by Gasteiger charge is -2.42. The number of carbonyl (C=O) groups is 1. The summed E-state index contributed by atoms with van der Waals surface area (Å²) < 4.78 is 1.82. The quantitative estimate of drug-likeness (QED) is 0.889. The van der Waals surface area contributed by atoms with Crippen molar-refractivity contribution in [3.63, 3.8) is 0 Å². The highest BCUT2D eigenvalue weighted by Crippen LogP contribution is 2.42. The van der Waals surface area contributed by atoms with Gasteiger partial charge in [0.15, 0.2) is 0 Å². The van der Waals surface area contributed by atoms with Crippen molar-refractivity contribution in [1.82, 2.24) is 9.55 Å². The minimum atomic E-state index is -0.982. The van der Waals surface area contributed by atoms with Crippen LogP contribution >= 0.6 is 0 Å². The standard InChI is InChI=1S/C14H16N2O3/c1-2-14(6-3-7-14)16-11-5-4-9(12(17)18)8-10(11)15-13(16)19/h4-5,8H,2-3,6-7H2,1H3,(H,15,19)(H,17,18). The Morgan fingerprint density at radius 3 is 2.74 bits per heavy atom. The average Bonchev–Trinajstić information content (AvgIpc) is 2.65. The normalized spacial score (nSPS) is 17.3. The van der Waals surface area contributed by atoms with Gasteiger partial charge in [0.05, 0.1) is 16.6 Å². The third-order valence-corrected chi connectivity index (χ3v) is 4.35. The number of hydrogen-bond donors (Lipinski definition) is 2. The van der Waals surface area contributed by atoms with E-state index in [9.17, 15) is 9.59 Å². The summed E-state index contributed by atoms with van der Waals surface area (Å²) in [6.07, 6.45) is 4.08. The molecule has 0 unspecified atom stereocenters. The molecule has 1 aliphatic carbocycles. The molecule has 0 amide bonds. The van der Waals surface area contributed by atoms with Crippen molar-refractivity contribution in [3.8, 4) is 0 Å². The summed E-state index contributed by atoms with van der Waals surface area (Å²) in [6, 6.07) is 4.81. The number of aromatic amines is 1. The first-order chi connectivity index (χ1) is 9.07. The van der Waals surface area contributed by atoms with Crippen molar-refractivity contribution >= 4 is 17.0 Å². The van der Waals surface area contributed by atoms with E-state index in [0.29, 0.717) is 5.52 Å². The summed E-state index contributed by atoms with van der Waals surface area (Å²) in [5, 5.41) is 8.98. The number of H-pyrrole nitrogens is 1. The molecule has 0 radical (unpaired) electrons. The Bertz CT molecular complexity index is 702. The lowest BCUT2D eigenvalue weighted by Crippen LogP contribution is -2.44. The van der Waals surface area contributed by atoms with Gasteiger partial charge in [0.1, 0.15) is 0 Å². The molecule has 0 spiro atoms. The predicted molar refractivity (Wildman–Crippen MR) is 71.6 cm³/mol. The fourth-order valence-corrected chi connectivity index (χ4v) is 3.04. The molecule has 0 bridgehead atoms. The van der Waals surface area contributed by atoms with Crippen LogP contribution in [0.5, 0.6) is 0 Å². The molecule has 0 atom stereocenters. The van der Waals surface area contributed by atoms with Crippen LogP contribution in [0.2, 0.25) is 0 Å². The molecule has 0 saturated heterocycles. The van der Waals surface area contributed by atoms with Gasteiger partial charge in [0, 0.05) is 5.54 Å². The van der Waals surface area contributed by atoms with Crippen LogP contribution in [0.15, 0.2) is 23.0 Å². The minimum absolute atomic E-state index is 0.0833. The van der Waals surface area contributed by atoms with Crippen LogP contribution in [0.25, 0.3) is 11.0 Å². The van der Waals surface area contributed by atoms with Gasteiger partial charge in [0.2, 0.25) is 0 Å². The molecule has 2 aromatic rings. The molecule has 1 heterocycles. The zero-order valence-electron chi connectivity index (χ0n) is 10.8. The molecule has 19 heavy (non-hydrogen) atoms. The first-order valence-corrected chi connectivity index (χ1v) is 6.56. The van der Waals surface area contributed by atoms with Crippen molar-refractivity contribution in [2.45, 2.75) is 38.1 Å². The van der Waals surface area contributed by atoms with Crippen molar-refractivity contribution in [3.05, 3.63) is 34.2 Å². The van der Waals surface area contributed by atoms with Gasteiger partial charge >= 0.3 is 11.7 Å². The molecule has 1 aliphatic rings. The Kier molecular flexibility index (Phi) is 2.52. The van der Waals surface area contributed by atoms with Gasteiger partial charge in [-0.2, -0.15) is 0 Å². The Balaban J connectivity index is 2.23. The zero-order valence-corrected chi connectivity index (χ0v) is 10.8. The van der Waals surface area contributed by atoms with Gasteiger partial charge in [-0.3, -0.25) is 4.57 Å². The third kappa shape index (κ3) is 1.61. The SMILES string of the molecule is CCC1(n2c(=O)[nH]c3cc(C(=O)O)ccc32)CCC1. The average molecular weight is 260 g/mol. The minimum Gasteiger partial charge on any atom is -0.478 e. The molecular formula is C14H16N2O3. The lowest BCUT2D eigenvalue weighted by molar-refractivity contribution is 0.0697. The van der Waals surface area contributed by atoms with Crippen molar-refractivity contribution < 1.29 is 9.90 Å². The monoisotopic (exact) mass is 260 g/mol. The fourth-order valence-electron chi connectivity index (χ4n) is 3.04. The fraction of sp³-hybridized carbons (Fsp3) is 0.429. The topological polar surface area (TPSA) is 75.1 Å². The molecule has 1 aromatic heterocycles. The predicted octanol–water partition coefficient (Wildman–Crippen LogP) is 2.32. The van der Waals surface area contributed by atoms with E-state index in [1.165, 1.54) is 6.07 Å². The van der Waals surface area contributed by atoms with Crippen LogP contribution in [-0.2, 0) is 5.54 Å². The van der Waals surface area contributed by atoms with Crippen molar-refractivity contribution in [2.75, 3.05) is 0 Å². The van der Waals surface area contributed by atoms with Gasteiger partial charge in [-0.05, 0) is 43.9 Å². The summed E-state index contributed by atoms with van der Waals surface area (Å²) in [4.78, 5) is 25.9. The van der Waals surface area contributed by atoms with Crippen LogP contribution in [0, 0.1) is 0 Å². The number of imidazole rings is 1. The third-order valence-electron chi connectivity index (χ3n) is 4.35. The Hall–Kier alpha value is -2.04. The Labute approximate surface area is 109 Å². The second kappa shape index (κ2) is 3.98. The molecule has 1 saturated carbocycles. The zero-order chi connectivity index (χ0) is 13.6. The van der Waals surface area contributed by atoms with Crippen LogP contribution in [0.4, 0.5) is 0 Å². The molecule has 2 N–H and O–H groups in total. The van der Waals surface area contributed by atoms with E-state index < -0.39 is 5.97 Å². The van der Waals surface area contributed by atoms with Crippen molar-refractivity contribution in [2.24, 2.45) is 0 Å². The largest absolute Gasteiger partial charge is 0.478 e. The number of rotatable bonds is 3.